The van der Waals surface area contributed by atoms with Gasteiger partial charge in [0, 0.05) is 12.6 Å². The Labute approximate surface area is 111 Å². The predicted octanol–water partition coefficient (Wildman–Crippen LogP) is -0.134. The van der Waals surface area contributed by atoms with Crippen LogP contribution in [0.15, 0.2) is 0 Å². The largest absolute Gasteiger partial charge is 0.368 e. The molecular formula is C13H28N4O. The SMILES string of the molecule is CCNC(C)(CN1CCC(N(C)C)CC1)C(N)=O. The Morgan fingerprint density at radius 1 is 1.44 bits per heavy atom. The molecule has 0 saturated carbocycles. The van der Waals surface area contributed by atoms with Gasteiger partial charge in [-0.3, -0.25) is 4.79 Å². The highest BCUT2D eigenvalue weighted by atomic mass is 16.1. The van der Waals surface area contributed by atoms with Crippen LogP contribution < -0.4 is 11.1 Å². The van der Waals surface area contributed by atoms with Crippen LogP contribution in [-0.2, 0) is 4.79 Å². The third-order valence-electron chi connectivity index (χ3n) is 3.94. The number of rotatable bonds is 6. The lowest BCUT2D eigenvalue weighted by molar-refractivity contribution is -0.124. The number of likely N-dealkylation sites (N-methyl/N-ethyl adjacent to an activating group) is 1. The molecule has 5 heteroatoms. The van der Waals surface area contributed by atoms with Crippen LogP contribution in [0.4, 0.5) is 0 Å². The summed E-state index contributed by atoms with van der Waals surface area (Å²) in [5.74, 6) is -0.265. The van der Waals surface area contributed by atoms with Crippen LogP contribution in [0, 0.1) is 0 Å². The molecule has 106 valence electrons. The van der Waals surface area contributed by atoms with Crippen LogP contribution in [0.5, 0.6) is 0 Å². The van der Waals surface area contributed by atoms with E-state index < -0.39 is 5.54 Å². The van der Waals surface area contributed by atoms with Crippen molar-refractivity contribution in [1.29, 1.82) is 0 Å². The van der Waals surface area contributed by atoms with Gasteiger partial charge in [-0.1, -0.05) is 6.92 Å². The Morgan fingerprint density at radius 2 is 2.00 bits per heavy atom. The van der Waals surface area contributed by atoms with E-state index >= 15 is 0 Å². The fourth-order valence-electron chi connectivity index (χ4n) is 2.65. The van der Waals surface area contributed by atoms with E-state index in [0.717, 1.165) is 32.5 Å². The number of hydrogen-bond donors (Lipinski definition) is 2. The maximum Gasteiger partial charge on any atom is 0.238 e. The van der Waals surface area contributed by atoms with Gasteiger partial charge in [-0.25, -0.2) is 0 Å². The minimum atomic E-state index is -0.611. The maximum atomic E-state index is 11.6. The van der Waals surface area contributed by atoms with Gasteiger partial charge >= 0.3 is 0 Å². The lowest BCUT2D eigenvalue weighted by atomic mass is 9.97. The van der Waals surface area contributed by atoms with Crippen molar-refractivity contribution in [2.45, 2.75) is 38.3 Å². The van der Waals surface area contributed by atoms with Crippen LogP contribution in [0.2, 0.25) is 0 Å². The topological polar surface area (TPSA) is 61.6 Å². The van der Waals surface area contributed by atoms with E-state index in [-0.39, 0.29) is 5.91 Å². The normalized spacial score (nSPS) is 22.1. The van der Waals surface area contributed by atoms with E-state index in [0.29, 0.717) is 12.6 Å². The molecular weight excluding hydrogens is 228 g/mol. The number of likely N-dealkylation sites (tertiary alicyclic amines) is 1. The van der Waals surface area contributed by atoms with Crippen molar-refractivity contribution >= 4 is 5.91 Å². The standard InChI is InChI=1S/C13H28N4O/c1-5-15-13(2,12(14)18)10-17-8-6-11(7-9-17)16(3)4/h11,15H,5-10H2,1-4H3,(H2,14,18). The zero-order valence-electron chi connectivity index (χ0n) is 12.2. The fourth-order valence-corrected chi connectivity index (χ4v) is 2.65. The number of carbonyl (C=O) groups is 1. The molecule has 1 rings (SSSR count). The van der Waals surface area contributed by atoms with E-state index in [1.165, 1.54) is 0 Å². The van der Waals surface area contributed by atoms with Crippen molar-refractivity contribution in [2.75, 3.05) is 40.3 Å². The summed E-state index contributed by atoms with van der Waals surface area (Å²) in [6.45, 7) is 7.44. The monoisotopic (exact) mass is 256 g/mol. The van der Waals surface area contributed by atoms with Crippen LogP contribution in [0.1, 0.15) is 26.7 Å². The summed E-state index contributed by atoms with van der Waals surface area (Å²) < 4.78 is 0. The van der Waals surface area contributed by atoms with Crippen molar-refractivity contribution in [2.24, 2.45) is 5.73 Å². The highest BCUT2D eigenvalue weighted by Crippen LogP contribution is 2.16. The average Bonchev–Trinajstić information content (AvgIpc) is 2.29. The molecule has 0 spiro atoms. The van der Waals surface area contributed by atoms with Crippen LogP contribution in [-0.4, -0.2) is 67.6 Å². The first-order valence-corrected chi connectivity index (χ1v) is 6.82. The number of nitrogens with two attached hydrogens (primary N) is 1. The lowest BCUT2D eigenvalue weighted by Crippen LogP contribution is -2.60. The van der Waals surface area contributed by atoms with Crippen molar-refractivity contribution in [3.05, 3.63) is 0 Å². The minimum Gasteiger partial charge on any atom is -0.368 e. The van der Waals surface area contributed by atoms with E-state index in [4.69, 9.17) is 5.73 Å². The predicted molar refractivity (Wildman–Crippen MR) is 74.4 cm³/mol. The molecule has 0 aromatic carbocycles. The number of nitrogens with one attached hydrogen (secondary N) is 1. The molecule has 0 aromatic heterocycles. The van der Waals surface area contributed by atoms with E-state index in [9.17, 15) is 4.79 Å². The molecule has 1 unspecified atom stereocenters. The quantitative estimate of drug-likeness (QED) is 0.695. The summed E-state index contributed by atoms with van der Waals surface area (Å²) in [5.41, 5.74) is 4.90. The smallest absolute Gasteiger partial charge is 0.238 e. The Hall–Kier alpha value is -0.650. The molecule has 1 aliphatic rings. The molecule has 5 nitrogen and oxygen atoms in total. The van der Waals surface area contributed by atoms with E-state index in [2.05, 4.69) is 29.2 Å². The van der Waals surface area contributed by atoms with Crippen molar-refractivity contribution in [3.8, 4) is 0 Å². The summed E-state index contributed by atoms with van der Waals surface area (Å²) in [5, 5.41) is 3.21. The summed E-state index contributed by atoms with van der Waals surface area (Å²) in [4.78, 5) is 16.2. The van der Waals surface area contributed by atoms with Crippen LogP contribution in [0.3, 0.4) is 0 Å². The fraction of sp³-hybridized carbons (Fsp3) is 0.923. The van der Waals surface area contributed by atoms with Gasteiger partial charge in [0.2, 0.25) is 5.91 Å². The van der Waals surface area contributed by atoms with Crippen LogP contribution >= 0.6 is 0 Å². The second-order valence-corrected chi connectivity index (χ2v) is 5.70. The number of amides is 1. The minimum absolute atomic E-state index is 0.265. The number of nitrogens with zero attached hydrogens (tertiary/aromatic N) is 2. The second kappa shape index (κ2) is 6.50. The highest BCUT2D eigenvalue weighted by Gasteiger charge is 2.33. The van der Waals surface area contributed by atoms with Gasteiger partial charge < -0.3 is 20.9 Å². The number of carbonyl (C=O) groups excluding carboxylic acids is 1. The maximum absolute atomic E-state index is 11.6. The first kappa shape index (κ1) is 15.4. The summed E-state index contributed by atoms with van der Waals surface area (Å²) >= 11 is 0. The van der Waals surface area contributed by atoms with Gasteiger partial charge in [0.1, 0.15) is 5.54 Å². The van der Waals surface area contributed by atoms with Gasteiger partial charge in [0.15, 0.2) is 0 Å². The van der Waals surface area contributed by atoms with Gasteiger partial charge in [0.05, 0.1) is 0 Å². The van der Waals surface area contributed by atoms with Gasteiger partial charge in [0.25, 0.3) is 0 Å². The highest BCUT2D eigenvalue weighted by molar-refractivity contribution is 5.84. The Kier molecular flexibility index (Phi) is 5.56. The zero-order valence-corrected chi connectivity index (χ0v) is 12.2. The number of primary amides is 1. The van der Waals surface area contributed by atoms with Gasteiger partial charge in [-0.05, 0) is 53.5 Å². The summed E-state index contributed by atoms with van der Waals surface area (Å²) in [7, 11) is 4.26. The molecule has 3 N–H and O–H groups in total. The van der Waals surface area contributed by atoms with Crippen molar-refractivity contribution < 1.29 is 4.79 Å². The molecule has 18 heavy (non-hydrogen) atoms. The summed E-state index contributed by atoms with van der Waals surface area (Å²) in [6, 6.07) is 0.667. The third-order valence-corrected chi connectivity index (χ3v) is 3.94. The molecule has 1 saturated heterocycles. The molecule has 0 radical (unpaired) electrons. The molecule has 0 bridgehead atoms. The Morgan fingerprint density at radius 3 is 2.39 bits per heavy atom. The molecule has 0 aliphatic carbocycles. The van der Waals surface area contributed by atoms with Crippen LogP contribution in [0.25, 0.3) is 0 Å². The molecule has 1 aliphatic heterocycles. The molecule has 0 aromatic rings. The molecule has 1 atom stereocenters. The Bertz CT molecular complexity index is 274. The Balaban J connectivity index is 2.50. The zero-order chi connectivity index (χ0) is 13.8. The third kappa shape index (κ3) is 3.93. The first-order valence-electron chi connectivity index (χ1n) is 6.82. The number of hydrogen-bond acceptors (Lipinski definition) is 4. The summed E-state index contributed by atoms with van der Waals surface area (Å²) in [6.07, 6.45) is 2.32. The van der Waals surface area contributed by atoms with E-state index in [1.807, 2.05) is 13.8 Å². The van der Waals surface area contributed by atoms with Crippen molar-refractivity contribution in [3.63, 3.8) is 0 Å². The second-order valence-electron chi connectivity index (χ2n) is 5.70. The average molecular weight is 256 g/mol. The van der Waals surface area contributed by atoms with Gasteiger partial charge in [-0.15, -0.1) is 0 Å². The van der Waals surface area contributed by atoms with E-state index in [1.54, 1.807) is 0 Å². The molecule has 1 amide bonds. The van der Waals surface area contributed by atoms with Gasteiger partial charge in [-0.2, -0.15) is 0 Å². The first-order chi connectivity index (χ1) is 8.39. The van der Waals surface area contributed by atoms with Crippen molar-refractivity contribution in [1.82, 2.24) is 15.1 Å². The lowest BCUT2D eigenvalue weighted by Gasteiger charge is -2.39. The molecule has 1 fully saturated rings. The molecule has 1 heterocycles. The number of piperidine rings is 1.